The highest BCUT2D eigenvalue weighted by atomic mass is 32.1. The van der Waals surface area contributed by atoms with Crippen LogP contribution < -0.4 is 4.87 Å². The largest absolute Gasteiger partial charge is 0.506 e. The first-order valence-corrected chi connectivity index (χ1v) is 17.8. The molecule has 0 fully saturated rings. The number of carbonyl (C=O) groups is 2. The summed E-state index contributed by atoms with van der Waals surface area (Å²) in [7, 11) is 0. The topological polar surface area (TPSA) is 115 Å². The van der Waals surface area contributed by atoms with Crippen LogP contribution in [-0.4, -0.2) is 95.8 Å². The molecule has 276 valence electrons. The third kappa shape index (κ3) is 11.8. The summed E-state index contributed by atoms with van der Waals surface area (Å²) in [5.74, 6) is -0.239. The Labute approximate surface area is 299 Å². The van der Waals surface area contributed by atoms with Crippen molar-refractivity contribution >= 4 is 33.6 Å². The highest BCUT2D eigenvalue weighted by molar-refractivity contribution is 7.16. The SMILES string of the molecule is CCN(CC)CCN(CCN(CCc1ccc(O)c2[nH]c(=O)sc12)C(=O)OCc1ccccc1)C(=O)CCOCCc1ccccc1C(F)(F)F. The number of carbonyl (C=O) groups excluding carboxylic acids is 2. The minimum Gasteiger partial charge on any atom is -0.506 e. The van der Waals surface area contributed by atoms with Gasteiger partial charge in [-0.25, -0.2) is 4.79 Å². The Morgan fingerprint density at radius 3 is 2.24 bits per heavy atom. The van der Waals surface area contributed by atoms with Crippen molar-refractivity contribution in [3.8, 4) is 5.75 Å². The summed E-state index contributed by atoms with van der Waals surface area (Å²) in [6.45, 7) is 7.41. The first-order valence-electron chi connectivity index (χ1n) is 17.0. The second-order valence-corrected chi connectivity index (χ2v) is 12.9. The third-order valence-electron chi connectivity index (χ3n) is 8.63. The van der Waals surface area contributed by atoms with E-state index in [-0.39, 0.29) is 74.4 Å². The van der Waals surface area contributed by atoms with Crippen molar-refractivity contribution in [1.29, 1.82) is 0 Å². The monoisotopic (exact) mass is 730 g/mol. The molecule has 0 saturated heterocycles. The van der Waals surface area contributed by atoms with Crippen LogP contribution in [0.5, 0.6) is 5.75 Å². The van der Waals surface area contributed by atoms with E-state index in [1.54, 1.807) is 17.0 Å². The zero-order chi connectivity index (χ0) is 36.8. The number of likely N-dealkylation sites (N-methyl/N-ethyl adjacent to an activating group) is 1. The number of aromatic amines is 1. The standard InChI is InChI=1S/C37H45F3N4O6S/c1-3-42(4-2)20-21-43(32(46)18-25-49-24-17-28-12-8-9-13-30(28)37(38,39)40)22-23-44(36(48)50-26-27-10-6-5-7-11-27)19-16-29-14-15-31(45)33-34(29)51-35(47)41-33/h5-15,45H,3-4,16-26H2,1-2H3,(H,41,47). The smallest absolute Gasteiger partial charge is 0.416 e. The zero-order valence-electron chi connectivity index (χ0n) is 28.9. The van der Waals surface area contributed by atoms with Gasteiger partial charge in [0.15, 0.2) is 0 Å². The number of benzene rings is 3. The van der Waals surface area contributed by atoms with Gasteiger partial charge >= 0.3 is 17.1 Å². The Kier molecular flexibility index (Phi) is 14.9. The van der Waals surface area contributed by atoms with Crippen molar-refractivity contribution in [2.24, 2.45) is 0 Å². The molecule has 2 amide bonds. The molecular weight excluding hydrogens is 685 g/mol. The fraction of sp³-hybridized carbons (Fsp3) is 0.432. The molecule has 1 heterocycles. The second kappa shape index (κ2) is 19.3. The van der Waals surface area contributed by atoms with Gasteiger partial charge in [0.25, 0.3) is 0 Å². The lowest BCUT2D eigenvalue weighted by atomic mass is 10.0. The van der Waals surface area contributed by atoms with Gasteiger partial charge < -0.3 is 34.3 Å². The van der Waals surface area contributed by atoms with Gasteiger partial charge in [-0.1, -0.05) is 79.8 Å². The summed E-state index contributed by atoms with van der Waals surface area (Å²) < 4.78 is 52.0. The van der Waals surface area contributed by atoms with Gasteiger partial charge in [-0.3, -0.25) is 9.59 Å². The van der Waals surface area contributed by atoms with Crippen molar-refractivity contribution < 1.29 is 37.3 Å². The average Bonchev–Trinajstić information content (AvgIpc) is 3.53. The minimum absolute atomic E-state index is 0.0233. The number of ether oxygens (including phenoxy) is 2. The molecule has 0 atom stereocenters. The number of H-pyrrole nitrogens is 1. The van der Waals surface area contributed by atoms with Crippen LogP contribution in [0.2, 0.25) is 0 Å². The number of rotatable bonds is 19. The van der Waals surface area contributed by atoms with Gasteiger partial charge in [-0.15, -0.1) is 0 Å². The molecule has 2 N–H and O–H groups in total. The number of nitrogens with zero attached hydrogens (tertiary/aromatic N) is 3. The minimum atomic E-state index is -4.46. The van der Waals surface area contributed by atoms with Crippen LogP contribution in [0.4, 0.5) is 18.0 Å². The predicted octanol–water partition coefficient (Wildman–Crippen LogP) is 6.32. The summed E-state index contributed by atoms with van der Waals surface area (Å²) in [5, 5.41) is 10.2. The van der Waals surface area contributed by atoms with Crippen molar-refractivity contribution in [3.05, 3.63) is 98.7 Å². The molecule has 3 aromatic carbocycles. The van der Waals surface area contributed by atoms with Crippen LogP contribution in [0, 0.1) is 0 Å². The molecule has 10 nitrogen and oxygen atoms in total. The van der Waals surface area contributed by atoms with E-state index < -0.39 is 17.8 Å². The van der Waals surface area contributed by atoms with Gasteiger partial charge in [0, 0.05) is 32.7 Å². The van der Waals surface area contributed by atoms with Crippen LogP contribution in [0.25, 0.3) is 10.2 Å². The van der Waals surface area contributed by atoms with E-state index >= 15 is 0 Å². The van der Waals surface area contributed by atoms with Gasteiger partial charge in [0.2, 0.25) is 5.91 Å². The zero-order valence-corrected chi connectivity index (χ0v) is 29.7. The lowest BCUT2D eigenvalue weighted by Gasteiger charge is -2.29. The Morgan fingerprint density at radius 1 is 0.824 bits per heavy atom. The molecule has 51 heavy (non-hydrogen) atoms. The molecule has 1 aromatic heterocycles. The number of fused-ring (bicyclic) bond motifs is 1. The Morgan fingerprint density at radius 2 is 1.51 bits per heavy atom. The number of phenols is 1. The maximum Gasteiger partial charge on any atom is 0.416 e. The Bertz CT molecular complexity index is 1760. The lowest BCUT2D eigenvalue weighted by Crippen LogP contribution is -2.45. The Hall–Kier alpha value is -4.40. The molecule has 14 heteroatoms. The van der Waals surface area contributed by atoms with E-state index in [1.807, 2.05) is 44.2 Å². The van der Waals surface area contributed by atoms with E-state index in [0.717, 1.165) is 41.6 Å². The van der Waals surface area contributed by atoms with Crippen molar-refractivity contribution in [2.75, 3.05) is 59.0 Å². The normalized spacial score (nSPS) is 11.6. The van der Waals surface area contributed by atoms with Gasteiger partial charge in [-0.05, 0) is 54.8 Å². The number of halogens is 3. The summed E-state index contributed by atoms with van der Waals surface area (Å²) in [5.41, 5.74) is 1.38. The molecule has 4 rings (SSSR count). The quantitative estimate of drug-likeness (QED) is 0.109. The Balaban J connectivity index is 1.42. The maximum absolute atomic E-state index is 13.5. The van der Waals surface area contributed by atoms with Gasteiger partial charge in [0.05, 0.1) is 29.9 Å². The van der Waals surface area contributed by atoms with E-state index in [2.05, 4.69) is 9.88 Å². The van der Waals surface area contributed by atoms with Crippen molar-refractivity contribution in [2.45, 2.75) is 45.9 Å². The number of hydrogen-bond donors (Lipinski definition) is 2. The summed E-state index contributed by atoms with van der Waals surface area (Å²) in [4.78, 5) is 46.7. The second-order valence-electron chi connectivity index (χ2n) is 11.9. The number of hydrogen-bond acceptors (Lipinski definition) is 8. The molecule has 0 aliphatic heterocycles. The van der Waals surface area contributed by atoms with E-state index in [9.17, 15) is 32.7 Å². The number of thiazole rings is 1. The van der Waals surface area contributed by atoms with E-state index in [4.69, 9.17) is 9.47 Å². The molecule has 0 saturated carbocycles. The number of aromatic nitrogens is 1. The highest BCUT2D eigenvalue weighted by Gasteiger charge is 2.32. The maximum atomic E-state index is 13.5. The van der Waals surface area contributed by atoms with Crippen LogP contribution in [0.1, 0.15) is 42.5 Å². The lowest BCUT2D eigenvalue weighted by molar-refractivity contribution is -0.138. The van der Waals surface area contributed by atoms with Crippen LogP contribution in [0.3, 0.4) is 0 Å². The van der Waals surface area contributed by atoms with Crippen LogP contribution in [0.15, 0.2) is 71.5 Å². The number of alkyl halides is 3. The van der Waals surface area contributed by atoms with Crippen LogP contribution >= 0.6 is 11.3 Å². The summed E-state index contributed by atoms with van der Waals surface area (Å²) >= 11 is 0.982. The third-order valence-corrected chi connectivity index (χ3v) is 9.58. The molecule has 0 aliphatic carbocycles. The van der Waals surface area contributed by atoms with Crippen molar-refractivity contribution in [1.82, 2.24) is 19.7 Å². The average molecular weight is 731 g/mol. The molecule has 0 radical (unpaired) electrons. The van der Waals surface area contributed by atoms with E-state index in [0.29, 0.717) is 29.7 Å². The predicted molar refractivity (Wildman–Crippen MR) is 191 cm³/mol. The number of aromatic hydroxyl groups is 1. The first-order chi connectivity index (χ1) is 24.5. The molecule has 4 aromatic rings. The fourth-order valence-electron chi connectivity index (χ4n) is 5.65. The van der Waals surface area contributed by atoms with Gasteiger partial charge in [0.1, 0.15) is 17.9 Å². The number of nitrogens with one attached hydrogen (secondary N) is 1. The molecule has 0 unspecified atom stereocenters. The summed E-state index contributed by atoms with van der Waals surface area (Å²) in [6, 6.07) is 17.9. The number of phenolic OH excluding ortho intramolecular Hbond substituents is 1. The summed E-state index contributed by atoms with van der Waals surface area (Å²) in [6.07, 6.45) is -4.57. The molecule has 0 spiro atoms. The van der Waals surface area contributed by atoms with Crippen molar-refractivity contribution in [3.63, 3.8) is 0 Å². The first kappa shape index (κ1) is 39.4. The fourth-order valence-corrected chi connectivity index (χ4v) is 6.55. The van der Waals surface area contributed by atoms with Crippen LogP contribution in [-0.2, 0) is 39.9 Å². The molecular formula is C37H45F3N4O6S. The molecule has 0 aliphatic rings. The highest BCUT2D eigenvalue weighted by Crippen LogP contribution is 2.32. The van der Waals surface area contributed by atoms with Gasteiger partial charge in [-0.2, -0.15) is 13.2 Å². The van der Waals surface area contributed by atoms with E-state index in [1.165, 1.54) is 23.1 Å². The molecule has 0 bridgehead atoms. The number of amides is 2.